The molecule has 0 aliphatic carbocycles. The maximum atomic E-state index is 12.1. The third-order valence-electron chi connectivity index (χ3n) is 4.58. The molecule has 0 radical (unpaired) electrons. The van der Waals surface area contributed by atoms with Crippen LogP contribution in [0.5, 0.6) is 0 Å². The number of rotatable bonds is 5. The summed E-state index contributed by atoms with van der Waals surface area (Å²) in [6.07, 6.45) is 5.82. The lowest BCUT2D eigenvalue weighted by atomic mass is 9.94. The fourth-order valence-electron chi connectivity index (χ4n) is 3.32. The number of carbonyl (C=O) groups excluding carboxylic acids is 1. The van der Waals surface area contributed by atoms with Gasteiger partial charge in [0.2, 0.25) is 5.91 Å². The lowest BCUT2D eigenvalue weighted by molar-refractivity contribution is -0.126. The van der Waals surface area contributed by atoms with Crippen molar-refractivity contribution in [1.82, 2.24) is 15.5 Å². The van der Waals surface area contributed by atoms with Crippen molar-refractivity contribution in [3.8, 4) is 0 Å². The van der Waals surface area contributed by atoms with Gasteiger partial charge in [-0.05, 0) is 70.1 Å². The van der Waals surface area contributed by atoms with Gasteiger partial charge in [0, 0.05) is 6.54 Å². The summed E-state index contributed by atoms with van der Waals surface area (Å²) < 4.78 is 0. The Morgan fingerprint density at radius 1 is 1.25 bits per heavy atom. The zero-order valence-corrected chi connectivity index (χ0v) is 13.2. The van der Waals surface area contributed by atoms with Crippen molar-refractivity contribution in [1.29, 1.82) is 0 Å². The minimum atomic E-state index is 0.141. The SMILES string of the molecule is CC(C)CNCC1CCN(C2CCCCNC2=O)CC1. The van der Waals surface area contributed by atoms with Gasteiger partial charge in [-0.15, -0.1) is 0 Å². The Bertz CT molecular complexity index is 298. The molecule has 116 valence electrons. The molecule has 0 saturated carbocycles. The first-order chi connectivity index (χ1) is 9.66. The number of hydrogen-bond acceptors (Lipinski definition) is 3. The quantitative estimate of drug-likeness (QED) is 0.805. The highest BCUT2D eigenvalue weighted by atomic mass is 16.2. The van der Waals surface area contributed by atoms with Crippen LogP contribution in [-0.4, -0.2) is 49.6 Å². The number of piperidine rings is 1. The molecular weight excluding hydrogens is 250 g/mol. The average Bonchev–Trinajstić information content (AvgIpc) is 2.64. The topological polar surface area (TPSA) is 44.4 Å². The van der Waals surface area contributed by atoms with Crippen molar-refractivity contribution in [2.45, 2.75) is 52.0 Å². The van der Waals surface area contributed by atoms with E-state index < -0.39 is 0 Å². The molecule has 2 aliphatic rings. The zero-order chi connectivity index (χ0) is 14.4. The Hall–Kier alpha value is -0.610. The smallest absolute Gasteiger partial charge is 0.237 e. The van der Waals surface area contributed by atoms with Crippen molar-refractivity contribution in [3.63, 3.8) is 0 Å². The Balaban J connectivity index is 1.71. The van der Waals surface area contributed by atoms with E-state index in [1.165, 1.54) is 19.3 Å². The zero-order valence-electron chi connectivity index (χ0n) is 13.2. The number of nitrogens with zero attached hydrogens (tertiary/aromatic N) is 1. The largest absolute Gasteiger partial charge is 0.355 e. The minimum absolute atomic E-state index is 0.141. The van der Waals surface area contributed by atoms with E-state index in [0.29, 0.717) is 0 Å². The van der Waals surface area contributed by atoms with Gasteiger partial charge in [-0.3, -0.25) is 9.69 Å². The maximum Gasteiger partial charge on any atom is 0.237 e. The molecule has 0 aromatic rings. The Labute approximate surface area is 123 Å². The van der Waals surface area contributed by atoms with Crippen LogP contribution in [-0.2, 0) is 4.79 Å². The van der Waals surface area contributed by atoms with Crippen LogP contribution >= 0.6 is 0 Å². The molecule has 2 saturated heterocycles. The summed E-state index contributed by atoms with van der Waals surface area (Å²) in [5.74, 6) is 1.78. The van der Waals surface area contributed by atoms with Crippen molar-refractivity contribution in [3.05, 3.63) is 0 Å². The van der Waals surface area contributed by atoms with E-state index in [4.69, 9.17) is 0 Å². The number of likely N-dealkylation sites (tertiary alicyclic amines) is 1. The lowest BCUT2D eigenvalue weighted by Gasteiger charge is -2.36. The van der Waals surface area contributed by atoms with Gasteiger partial charge >= 0.3 is 0 Å². The van der Waals surface area contributed by atoms with Crippen molar-refractivity contribution >= 4 is 5.91 Å². The van der Waals surface area contributed by atoms with E-state index in [1.54, 1.807) is 0 Å². The highest BCUT2D eigenvalue weighted by Crippen LogP contribution is 2.21. The molecule has 0 bridgehead atoms. The summed E-state index contributed by atoms with van der Waals surface area (Å²) in [5, 5.41) is 6.63. The molecule has 20 heavy (non-hydrogen) atoms. The summed E-state index contributed by atoms with van der Waals surface area (Å²) in [7, 11) is 0. The Morgan fingerprint density at radius 2 is 2.00 bits per heavy atom. The highest BCUT2D eigenvalue weighted by Gasteiger charge is 2.30. The van der Waals surface area contributed by atoms with Crippen LogP contribution < -0.4 is 10.6 Å². The van der Waals surface area contributed by atoms with E-state index >= 15 is 0 Å². The van der Waals surface area contributed by atoms with Crippen molar-refractivity contribution < 1.29 is 4.79 Å². The maximum absolute atomic E-state index is 12.1. The van der Waals surface area contributed by atoms with Gasteiger partial charge in [-0.25, -0.2) is 0 Å². The third-order valence-corrected chi connectivity index (χ3v) is 4.58. The summed E-state index contributed by atoms with van der Waals surface area (Å²) >= 11 is 0. The van der Waals surface area contributed by atoms with E-state index in [-0.39, 0.29) is 11.9 Å². The average molecular weight is 281 g/mol. The first kappa shape index (κ1) is 15.8. The van der Waals surface area contributed by atoms with Gasteiger partial charge in [0.15, 0.2) is 0 Å². The minimum Gasteiger partial charge on any atom is -0.355 e. The van der Waals surface area contributed by atoms with E-state index in [1.807, 2.05) is 0 Å². The molecule has 0 aromatic heterocycles. The summed E-state index contributed by atoms with van der Waals surface area (Å²) in [4.78, 5) is 14.5. The number of hydrogen-bond donors (Lipinski definition) is 2. The second-order valence-electron chi connectivity index (χ2n) is 6.83. The number of carbonyl (C=O) groups is 1. The molecule has 2 rings (SSSR count). The Kier molecular flexibility index (Phi) is 6.30. The first-order valence-electron chi connectivity index (χ1n) is 8.39. The predicted octanol–water partition coefficient (Wildman–Crippen LogP) is 1.61. The van der Waals surface area contributed by atoms with Crippen LogP contribution in [0.4, 0.5) is 0 Å². The molecule has 2 N–H and O–H groups in total. The standard InChI is InChI=1S/C16H31N3O/c1-13(2)11-17-12-14-6-9-19(10-7-14)15-5-3-4-8-18-16(15)20/h13-15,17H,3-12H2,1-2H3,(H,18,20). The second-order valence-corrected chi connectivity index (χ2v) is 6.83. The number of amides is 1. The fourth-order valence-corrected chi connectivity index (χ4v) is 3.32. The first-order valence-corrected chi connectivity index (χ1v) is 8.39. The number of nitrogens with one attached hydrogen (secondary N) is 2. The van der Waals surface area contributed by atoms with Crippen LogP contribution in [0.25, 0.3) is 0 Å². The lowest BCUT2D eigenvalue weighted by Crippen LogP contribution is -2.49. The van der Waals surface area contributed by atoms with Crippen LogP contribution in [0.2, 0.25) is 0 Å². The van der Waals surface area contributed by atoms with Crippen LogP contribution in [0, 0.1) is 11.8 Å². The second kappa shape index (κ2) is 7.99. The van der Waals surface area contributed by atoms with E-state index in [0.717, 1.165) is 57.4 Å². The molecule has 2 heterocycles. The van der Waals surface area contributed by atoms with Crippen LogP contribution in [0.1, 0.15) is 46.0 Å². The van der Waals surface area contributed by atoms with E-state index in [2.05, 4.69) is 29.4 Å². The van der Waals surface area contributed by atoms with E-state index in [9.17, 15) is 4.79 Å². The van der Waals surface area contributed by atoms with Crippen LogP contribution in [0.15, 0.2) is 0 Å². The fraction of sp³-hybridized carbons (Fsp3) is 0.938. The monoisotopic (exact) mass is 281 g/mol. The molecule has 1 amide bonds. The van der Waals surface area contributed by atoms with Gasteiger partial charge in [0.1, 0.15) is 0 Å². The highest BCUT2D eigenvalue weighted by molar-refractivity contribution is 5.81. The summed E-state index contributed by atoms with van der Waals surface area (Å²) in [6, 6.07) is 0.141. The molecule has 1 atom stereocenters. The van der Waals surface area contributed by atoms with Crippen LogP contribution in [0.3, 0.4) is 0 Å². The molecule has 4 heteroatoms. The predicted molar refractivity (Wildman–Crippen MR) is 82.7 cm³/mol. The van der Waals surface area contributed by atoms with Gasteiger partial charge in [-0.1, -0.05) is 13.8 Å². The third kappa shape index (κ3) is 4.74. The molecular formula is C16H31N3O. The normalized spacial score (nSPS) is 26.6. The molecule has 2 fully saturated rings. The summed E-state index contributed by atoms with van der Waals surface area (Å²) in [6.45, 7) is 9.80. The van der Waals surface area contributed by atoms with Gasteiger partial charge in [-0.2, -0.15) is 0 Å². The van der Waals surface area contributed by atoms with Gasteiger partial charge in [0.25, 0.3) is 0 Å². The molecule has 0 aromatic carbocycles. The van der Waals surface area contributed by atoms with Gasteiger partial charge < -0.3 is 10.6 Å². The van der Waals surface area contributed by atoms with Crippen molar-refractivity contribution in [2.75, 3.05) is 32.7 Å². The Morgan fingerprint density at radius 3 is 2.70 bits per heavy atom. The molecule has 0 spiro atoms. The molecule has 4 nitrogen and oxygen atoms in total. The van der Waals surface area contributed by atoms with Gasteiger partial charge in [0.05, 0.1) is 6.04 Å². The summed E-state index contributed by atoms with van der Waals surface area (Å²) in [5.41, 5.74) is 0. The molecule has 1 unspecified atom stereocenters. The molecule has 2 aliphatic heterocycles. The van der Waals surface area contributed by atoms with Crippen molar-refractivity contribution in [2.24, 2.45) is 11.8 Å².